The molecule has 4 rings (SSSR count). The van der Waals surface area contributed by atoms with Gasteiger partial charge in [-0.2, -0.15) is 0 Å². The van der Waals surface area contributed by atoms with Crippen molar-refractivity contribution in [1.29, 1.82) is 0 Å². The predicted octanol–water partition coefficient (Wildman–Crippen LogP) is 5.07. The molecule has 0 bridgehead atoms. The molecule has 0 aromatic heterocycles. The van der Waals surface area contributed by atoms with Crippen molar-refractivity contribution in [3.8, 4) is 5.75 Å². The zero-order chi connectivity index (χ0) is 23.7. The summed E-state index contributed by atoms with van der Waals surface area (Å²) < 4.78 is 19.1. The van der Waals surface area contributed by atoms with E-state index in [0.29, 0.717) is 16.9 Å². The summed E-state index contributed by atoms with van der Waals surface area (Å²) in [5, 5.41) is 11.1. The third-order valence-electron chi connectivity index (χ3n) is 5.82. The lowest BCUT2D eigenvalue weighted by molar-refractivity contribution is -0.140. The molecule has 6 heteroatoms. The Morgan fingerprint density at radius 2 is 1.79 bits per heavy atom. The summed E-state index contributed by atoms with van der Waals surface area (Å²) in [4.78, 5) is 27.7. The van der Waals surface area contributed by atoms with E-state index < -0.39 is 23.5 Å². The second-order valence-electron chi connectivity index (χ2n) is 8.16. The molecule has 33 heavy (non-hydrogen) atoms. The fourth-order valence-electron chi connectivity index (χ4n) is 4.14. The minimum atomic E-state index is -0.790. The molecule has 0 radical (unpaired) electrons. The van der Waals surface area contributed by atoms with Crippen LogP contribution in [0.2, 0.25) is 0 Å². The van der Waals surface area contributed by atoms with E-state index in [-0.39, 0.29) is 23.4 Å². The maximum absolute atomic E-state index is 13.8. The maximum Gasteiger partial charge on any atom is 0.295 e. The largest absolute Gasteiger partial charge is 0.507 e. The summed E-state index contributed by atoms with van der Waals surface area (Å²) >= 11 is 0. The molecule has 1 saturated heterocycles. The van der Waals surface area contributed by atoms with Gasteiger partial charge in [0, 0.05) is 12.1 Å². The van der Waals surface area contributed by atoms with Gasteiger partial charge >= 0.3 is 0 Å². The fourth-order valence-corrected chi connectivity index (χ4v) is 4.14. The van der Waals surface area contributed by atoms with Crippen molar-refractivity contribution in [3.05, 3.63) is 106 Å². The standard InChI is InChI=1S/C27H24FNO4/c1-16-6-4-8-19(12-16)24-23(25(30)20-10-11-22(28)17(2)13-20)26(31)27(32)29(24)15-18-7-5-9-21(14-18)33-3/h4-14,24,30H,15H2,1-3H3/b25-23-. The van der Waals surface area contributed by atoms with Crippen molar-refractivity contribution >= 4 is 17.4 Å². The van der Waals surface area contributed by atoms with Crippen molar-refractivity contribution in [2.45, 2.75) is 26.4 Å². The van der Waals surface area contributed by atoms with Crippen molar-refractivity contribution in [2.75, 3.05) is 7.11 Å². The van der Waals surface area contributed by atoms with Crippen LogP contribution in [0.5, 0.6) is 5.75 Å². The molecule has 5 nitrogen and oxygen atoms in total. The first kappa shape index (κ1) is 22.3. The Morgan fingerprint density at radius 1 is 1.03 bits per heavy atom. The Morgan fingerprint density at radius 3 is 2.48 bits per heavy atom. The number of ether oxygens (including phenoxy) is 1. The summed E-state index contributed by atoms with van der Waals surface area (Å²) in [5.41, 5.74) is 3.04. The van der Waals surface area contributed by atoms with Gasteiger partial charge in [0.25, 0.3) is 11.7 Å². The van der Waals surface area contributed by atoms with Gasteiger partial charge in [-0.1, -0.05) is 42.0 Å². The van der Waals surface area contributed by atoms with Crippen LogP contribution in [0.3, 0.4) is 0 Å². The van der Waals surface area contributed by atoms with Crippen LogP contribution < -0.4 is 4.74 Å². The molecule has 1 aliphatic heterocycles. The van der Waals surface area contributed by atoms with Gasteiger partial charge in [-0.05, 0) is 60.9 Å². The molecule has 3 aromatic carbocycles. The van der Waals surface area contributed by atoms with E-state index in [1.165, 1.54) is 23.1 Å². The van der Waals surface area contributed by atoms with Gasteiger partial charge in [-0.3, -0.25) is 9.59 Å². The molecule has 1 aliphatic rings. The molecule has 1 N–H and O–H groups in total. The summed E-state index contributed by atoms with van der Waals surface area (Å²) in [5.74, 6) is -1.58. The van der Waals surface area contributed by atoms with Crippen molar-refractivity contribution < 1.29 is 23.8 Å². The summed E-state index contributed by atoms with van der Waals surface area (Å²) in [7, 11) is 1.56. The maximum atomic E-state index is 13.8. The number of aryl methyl sites for hydroxylation is 2. The lowest BCUT2D eigenvalue weighted by Crippen LogP contribution is -2.29. The quantitative estimate of drug-likeness (QED) is 0.338. The fraction of sp³-hybridized carbons (Fsp3) is 0.185. The molecule has 3 aromatic rings. The SMILES string of the molecule is COc1cccc(CN2C(=O)C(=O)/C(=C(\O)c3ccc(F)c(C)c3)C2c2cccc(C)c2)c1. The second-order valence-corrected chi connectivity index (χ2v) is 8.16. The van der Waals surface area contributed by atoms with Crippen LogP contribution >= 0.6 is 0 Å². The number of hydrogen-bond acceptors (Lipinski definition) is 4. The number of carbonyl (C=O) groups excluding carboxylic acids is 2. The molecule has 0 aliphatic carbocycles. The number of Topliss-reactive ketones (excluding diaryl/α,β-unsaturated/α-hetero) is 1. The Kier molecular flexibility index (Phi) is 6.01. The summed E-state index contributed by atoms with van der Waals surface area (Å²) in [6.07, 6.45) is 0. The summed E-state index contributed by atoms with van der Waals surface area (Å²) in [6, 6.07) is 18.0. The average Bonchev–Trinajstić information content (AvgIpc) is 3.05. The number of methoxy groups -OCH3 is 1. The van der Waals surface area contributed by atoms with E-state index in [2.05, 4.69) is 0 Å². The Bertz CT molecular complexity index is 1280. The number of benzene rings is 3. The molecule has 1 unspecified atom stereocenters. The van der Waals surface area contributed by atoms with Gasteiger partial charge in [-0.25, -0.2) is 4.39 Å². The van der Waals surface area contributed by atoms with Crippen LogP contribution in [-0.2, 0) is 16.1 Å². The van der Waals surface area contributed by atoms with Crippen molar-refractivity contribution in [2.24, 2.45) is 0 Å². The van der Waals surface area contributed by atoms with Gasteiger partial charge in [0.1, 0.15) is 17.3 Å². The van der Waals surface area contributed by atoms with E-state index in [1.54, 1.807) is 26.2 Å². The van der Waals surface area contributed by atoms with Crippen LogP contribution in [0.25, 0.3) is 5.76 Å². The molecule has 1 fully saturated rings. The molecule has 168 valence electrons. The molecule has 1 heterocycles. The van der Waals surface area contributed by atoms with Crippen LogP contribution in [0.15, 0.2) is 72.3 Å². The predicted molar refractivity (Wildman–Crippen MR) is 123 cm³/mol. The van der Waals surface area contributed by atoms with Gasteiger partial charge in [0.15, 0.2) is 0 Å². The van der Waals surface area contributed by atoms with Gasteiger partial charge < -0.3 is 14.7 Å². The Labute approximate surface area is 191 Å². The molecule has 1 atom stereocenters. The highest BCUT2D eigenvalue weighted by Crippen LogP contribution is 2.40. The van der Waals surface area contributed by atoms with Crippen LogP contribution in [0.1, 0.15) is 33.9 Å². The zero-order valence-corrected chi connectivity index (χ0v) is 18.6. The van der Waals surface area contributed by atoms with E-state index in [9.17, 15) is 19.1 Å². The van der Waals surface area contributed by atoms with Crippen LogP contribution in [0.4, 0.5) is 4.39 Å². The van der Waals surface area contributed by atoms with Crippen molar-refractivity contribution in [1.82, 2.24) is 4.90 Å². The highest BCUT2D eigenvalue weighted by Gasteiger charge is 2.46. The number of carbonyl (C=O) groups is 2. The first-order valence-corrected chi connectivity index (χ1v) is 10.5. The minimum absolute atomic E-state index is 0.0143. The molecule has 0 saturated carbocycles. The highest BCUT2D eigenvalue weighted by molar-refractivity contribution is 6.46. The lowest BCUT2D eigenvalue weighted by atomic mass is 9.94. The first-order valence-electron chi connectivity index (χ1n) is 10.5. The third kappa shape index (κ3) is 4.24. The van der Waals surface area contributed by atoms with E-state index >= 15 is 0 Å². The number of ketones is 1. The third-order valence-corrected chi connectivity index (χ3v) is 5.82. The number of likely N-dealkylation sites (tertiary alicyclic amines) is 1. The van der Waals surface area contributed by atoms with Crippen molar-refractivity contribution in [3.63, 3.8) is 0 Å². The van der Waals surface area contributed by atoms with Crippen LogP contribution in [-0.4, -0.2) is 28.8 Å². The molecule has 0 spiro atoms. The monoisotopic (exact) mass is 445 g/mol. The normalized spacial score (nSPS) is 17.5. The Balaban J connectivity index is 1.87. The topological polar surface area (TPSA) is 66.8 Å². The van der Waals surface area contributed by atoms with E-state index in [1.807, 2.05) is 43.3 Å². The Hall–Kier alpha value is -3.93. The number of amides is 1. The first-order chi connectivity index (χ1) is 15.8. The zero-order valence-electron chi connectivity index (χ0n) is 18.6. The molecular weight excluding hydrogens is 421 g/mol. The van der Waals surface area contributed by atoms with E-state index in [4.69, 9.17) is 4.74 Å². The van der Waals surface area contributed by atoms with Gasteiger partial charge in [-0.15, -0.1) is 0 Å². The van der Waals surface area contributed by atoms with Gasteiger partial charge in [0.2, 0.25) is 0 Å². The number of halogens is 1. The minimum Gasteiger partial charge on any atom is -0.507 e. The van der Waals surface area contributed by atoms with Gasteiger partial charge in [0.05, 0.1) is 18.7 Å². The highest BCUT2D eigenvalue weighted by atomic mass is 19.1. The lowest BCUT2D eigenvalue weighted by Gasteiger charge is -2.26. The number of hydrogen-bond donors (Lipinski definition) is 1. The molecule has 1 amide bonds. The molecular formula is C27H24FNO4. The summed E-state index contributed by atoms with van der Waals surface area (Å²) in [6.45, 7) is 3.65. The number of nitrogens with zero attached hydrogens (tertiary/aromatic N) is 1. The van der Waals surface area contributed by atoms with Crippen LogP contribution in [0, 0.1) is 19.7 Å². The number of aliphatic hydroxyl groups excluding tert-OH is 1. The smallest absolute Gasteiger partial charge is 0.295 e. The second kappa shape index (κ2) is 8.90. The number of rotatable bonds is 5. The average molecular weight is 445 g/mol. The number of aliphatic hydroxyl groups is 1. The van der Waals surface area contributed by atoms with E-state index in [0.717, 1.165) is 11.1 Å².